The van der Waals surface area contributed by atoms with Gasteiger partial charge in [-0.25, -0.2) is 8.42 Å². The molecule has 7 heteroatoms. The van der Waals surface area contributed by atoms with E-state index in [0.717, 1.165) is 27.6 Å². The molecule has 1 heterocycles. The highest BCUT2D eigenvalue weighted by atomic mass is 32.2. The molecule has 0 amide bonds. The largest absolute Gasteiger partial charge is 0.497 e. The second-order valence-electron chi connectivity index (χ2n) is 8.03. The van der Waals surface area contributed by atoms with Crippen LogP contribution in [0.2, 0.25) is 0 Å². The van der Waals surface area contributed by atoms with Gasteiger partial charge in [-0.05, 0) is 66.3 Å². The maximum atomic E-state index is 13.6. The van der Waals surface area contributed by atoms with E-state index in [0.29, 0.717) is 11.3 Å². The number of nitrogens with one attached hydrogen (secondary N) is 1. The summed E-state index contributed by atoms with van der Waals surface area (Å²) in [6.45, 7) is 4.04. The van der Waals surface area contributed by atoms with Crippen LogP contribution < -0.4 is 10.3 Å². The van der Waals surface area contributed by atoms with Gasteiger partial charge < -0.3 is 9.72 Å². The predicted molar refractivity (Wildman–Crippen MR) is 130 cm³/mol. The number of nitrogens with zero attached hydrogens (tertiary/aromatic N) is 1. The zero-order chi connectivity index (χ0) is 23.6. The van der Waals surface area contributed by atoms with Crippen molar-refractivity contribution in [1.82, 2.24) is 9.29 Å². The molecule has 0 radical (unpaired) electrons. The van der Waals surface area contributed by atoms with Crippen molar-refractivity contribution < 1.29 is 13.2 Å². The summed E-state index contributed by atoms with van der Waals surface area (Å²) in [5, 5.41) is 0.870. The fourth-order valence-corrected chi connectivity index (χ4v) is 5.19. The Morgan fingerprint density at radius 2 is 1.61 bits per heavy atom. The summed E-state index contributed by atoms with van der Waals surface area (Å²) in [5.74, 6) is 0.570. The monoisotopic (exact) mass is 462 g/mol. The van der Waals surface area contributed by atoms with Crippen LogP contribution >= 0.6 is 0 Å². The first-order chi connectivity index (χ1) is 15.8. The Balaban J connectivity index is 1.77. The Bertz CT molecular complexity index is 1440. The molecule has 0 saturated heterocycles. The first-order valence-electron chi connectivity index (χ1n) is 10.6. The molecule has 170 valence electrons. The van der Waals surface area contributed by atoms with Crippen LogP contribution in [0.3, 0.4) is 0 Å². The van der Waals surface area contributed by atoms with Gasteiger partial charge in [0.15, 0.2) is 0 Å². The molecular weight excluding hydrogens is 436 g/mol. The number of methoxy groups -OCH3 is 1. The van der Waals surface area contributed by atoms with Crippen molar-refractivity contribution >= 4 is 20.9 Å². The number of ether oxygens (including phenoxy) is 1. The number of fused-ring (bicyclic) bond motifs is 1. The fourth-order valence-electron chi connectivity index (χ4n) is 3.79. The summed E-state index contributed by atoms with van der Waals surface area (Å²) in [5.41, 5.74) is 3.79. The van der Waals surface area contributed by atoms with Crippen LogP contribution in [0.4, 0.5) is 0 Å². The van der Waals surface area contributed by atoms with Crippen molar-refractivity contribution in [2.75, 3.05) is 7.11 Å². The van der Waals surface area contributed by atoms with Gasteiger partial charge in [-0.15, -0.1) is 0 Å². The van der Waals surface area contributed by atoms with E-state index in [4.69, 9.17) is 4.74 Å². The fraction of sp³-hybridized carbons (Fsp3) is 0.192. The van der Waals surface area contributed by atoms with Gasteiger partial charge in [0.05, 0.1) is 17.5 Å². The Kier molecular flexibility index (Phi) is 6.35. The summed E-state index contributed by atoms with van der Waals surface area (Å²) in [6, 6.07) is 21.3. The van der Waals surface area contributed by atoms with Gasteiger partial charge in [0, 0.05) is 18.7 Å². The first kappa shape index (κ1) is 22.8. The van der Waals surface area contributed by atoms with Gasteiger partial charge in [-0.1, -0.05) is 42.5 Å². The lowest BCUT2D eigenvalue weighted by atomic mass is 10.0. The molecule has 0 aliphatic rings. The Morgan fingerprint density at radius 3 is 2.27 bits per heavy atom. The van der Waals surface area contributed by atoms with Crippen molar-refractivity contribution in [2.24, 2.45) is 0 Å². The average Bonchev–Trinajstić information content (AvgIpc) is 2.82. The molecule has 33 heavy (non-hydrogen) atoms. The molecule has 4 rings (SSSR count). The standard InChI is InChI=1S/C26H26N2O4S/c1-18-9-10-21-15-22(26(29)27-25(21)19(18)2)17-28(16-20-7-5-4-6-8-20)33(30,31)24-13-11-23(32-3)12-14-24/h4-15H,16-17H2,1-3H3,(H,27,29). The lowest BCUT2D eigenvalue weighted by molar-refractivity contribution is 0.399. The zero-order valence-corrected chi connectivity index (χ0v) is 19.6. The lowest BCUT2D eigenvalue weighted by Crippen LogP contribution is -2.32. The Hall–Kier alpha value is -3.42. The SMILES string of the molecule is COc1ccc(S(=O)(=O)N(Cc2ccccc2)Cc2cc3ccc(C)c(C)c3[nH]c2=O)cc1. The Labute approximate surface area is 193 Å². The number of pyridine rings is 1. The van der Waals surface area contributed by atoms with Crippen LogP contribution in [-0.4, -0.2) is 24.8 Å². The normalized spacial score (nSPS) is 11.8. The van der Waals surface area contributed by atoms with E-state index in [1.165, 1.54) is 23.5 Å². The van der Waals surface area contributed by atoms with Crippen LogP contribution in [0.15, 0.2) is 82.5 Å². The summed E-state index contributed by atoms with van der Waals surface area (Å²) < 4.78 is 33.7. The number of hydrogen-bond donors (Lipinski definition) is 1. The van der Waals surface area contributed by atoms with E-state index in [9.17, 15) is 13.2 Å². The molecule has 3 aromatic carbocycles. The smallest absolute Gasteiger partial charge is 0.252 e. The molecule has 0 unspecified atom stereocenters. The summed E-state index contributed by atoms with van der Waals surface area (Å²) in [7, 11) is -2.35. The Morgan fingerprint density at radius 1 is 0.909 bits per heavy atom. The molecule has 0 saturated carbocycles. The summed E-state index contributed by atoms with van der Waals surface area (Å²) >= 11 is 0. The minimum absolute atomic E-state index is 0.0541. The number of aryl methyl sites for hydroxylation is 2. The maximum Gasteiger partial charge on any atom is 0.252 e. The first-order valence-corrected chi connectivity index (χ1v) is 12.0. The van der Waals surface area contributed by atoms with Crippen molar-refractivity contribution in [3.05, 3.63) is 105 Å². The van der Waals surface area contributed by atoms with Crippen molar-refractivity contribution in [1.29, 1.82) is 0 Å². The van der Waals surface area contributed by atoms with E-state index in [-0.39, 0.29) is 23.5 Å². The number of benzene rings is 3. The van der Waals surface area contributed by atoms with E-state index >= 15 is 0 Å². The highest BCUT2D eigenvalue weighted by Gasteiger charge is 2.26. The summed E-state index contributed by atoms with van der Waals surface area (Å²) in [4.78, 5) is 16.0. The lowest BCUT2D eigenvalue weighted by Gasteiger charge is -2.22. The molecule has 6 nitrogen and oxygen atoms in total. The summed E-state index contributed by atoms with van der Waals surface area (Å²) in [6.07, 6.45) is 0. The predicted octanol–water partition coefficient (Wildman–Crippen LogP) is 4.54. The molecule has 0 fully saturated rings. The number of H-pyrrole nitrogens is 1. The van der Waals surface area contributed by atoms with Crippen LogP contribution in [-0.2, 0) is 23.1 Å². The van der Waals surface area contributed by atoms with Gasteiger partial charge in [-0.2, -0.15) is 4.31 Å². The molecule has 0 atom stereocenters. The third kappa shape index (κ3) is 4.69. The van der Waals surface area contributed by atoms with Gasteiger partial charge >= 0.3 is 0 Å². The molecular formula is C26H26N2O4S. The molecule has 0 bridgehead atoms. The topological polar surface area (TPSA) is 79.5 Å². The molecule has 1 aromatic heterocycles. The van der Waals surface area contributed by atoms with Crippen LogP contribution in [0, 0.1) is 13.8 Å². The third-order valence-corrected chi connectivity index (χ3v) is 7.68. The van der Waals surface area contributed by atoms with Crippen molar-refractivity contribution in [2.45, 2.75) is 31.8 Å². The number of aromatic nitrogens is 1. The van der Waals surface area contributed by atoms with Crippen molar-refractivity contribution in [3.8, 4) is 5.75 Å². The quantitative estimate of drug-likeness (QED) is 0.437. The average molecular weight is 463 g/mol. The molecule has 1 N–H and O–H groups in total. The van der Waals surface area contributed by atoms with E-state index in [1.54, 1.807) is 18.2 Å². The third-order valence-electron chi connectivity index (χ3n) is 5.87. The zero-order valence-electron chi connectivity index (χ0n) is 18.8. The second-order valence-corrected chi connectivity index (χ2v) is 9.97. The van der Waals surface area contributed by atoms with Crippen LogP contribution in [0.5, 0.6) is 5.75 Å². The highest BCUT2D eigenvalue weighted by Crippen LogP contribution is 2.24. The van der Waals surface area contributed by atoms with Gasteiger partial charge in [0.1, 0.15) is 5.75 Å². The maximum absolute atomic E-state index is 13.6. The van der Waals surface area contributed by atoms with E-state index < -0.39 is 10.0 Å². The minimum Gasteiger partial charge on any atom is -0.497 e. The molecule has 4 aromatic rings. The van der Waals surface area contributed by atoms with Crippen LogP contribution in [0.25, 0.3) is 10.9 Å². The number of rotatable bonds is 7. The molecule has 0 aliphatic carbocycles. The van der Waals surface area contributed by atoms with Gasteiger partial charge in [0.2, 0.25) is 10.0 Å². The highest BCUT2D eigenvalue weighted by molar-refractivity contribution is 7.89. The molecule has 0 aliphatic heterocycles. The molecule has 0 spiro atoms. The second kappa shape index (κ2) is 9.21. The van der Waals surface area contributed by atoms with Gasteiger partial charge in [0.25, 0.3) is 5.56 Å². The number of aromatic amines is 1. The van der Waals surface area contributed by atoms with Gasteiger partial charge in [-0.3, -0.25) is 4.79 Å². The minimum atomic E-state index is -3.88. The number of sulfonamides is 1. The van der Waals surface area contributed by atoms with Crippen LogP contribution in [0.1, 0.15) is 22.3 Å². The van der Waals surface area contributed by atoms with E-state index in [1.807, 2.05) is 56.3 Å². The van der Waals surface area contributed by atoms with Crippen molar-refractivity contribution in [3.63, 3.8) is 0 Å². The number of hydrogen-bond acceptors (Lipinski definition) is 4. The van der Waals surface area contributed by atoms with E-state index in [2.05, 4.69) is 4.98 Å².